The molecular weight excluding hydrogens is 432 g/mol. The van der Waals surface area contributed by atoms with Crippen molar-refractivity contribution in [3.63, 3.8) is 0 Å². The van der Waals surface area contributed by atoms with E-state index in [2.05, 4.69) is 21.3 Å². The third-order valence-corrected chi connectivity index (χ3v) is 5.94. The number of hydrogen-bond donors (Lipinski definition) is 4. The zero-order valence-corrected chi connectivity index (χ0v) is 19.6. The van der Waals surface area contributed by atoms with Crippen molar-refractivity contribution in [1.29, 1.82) is 0 Å². The molecule has 2 aromatic carbocycles. The van der Waals surface area contributed by atoms with Gasteiger partial charge >= 0.3 is 0 Å². The molecule has 0 aliphatic heterocycles. The molecule has 180 valence electrons. The van der Waals surface area contributed by atoms with Gasteiger partial charge in [-0.25, -0.2) is 0 Å². The standard InChI is InChI=1S/C26H32N4O4/c1-3-23(31)27-19-7-5-9-21(15-19)29-25(33)17-11-13-18(14-12-17)26(34)30-22-10-6-8-20(16-22)28-24(32)4-2/h5-10,15-18H,3-4,11-14H2,1-2H3,(H,27,31)(H,28,32)(H,29,33)(H,30,34). The van der Waals surface area contributed by atoms with Gasteiger partial charge in [0.05, 0.1) is 0 Å². The minimum absolute atomic E-state index is 0.0720. The Bertz CT molecular complexity index is 961. The zero-order chi connectivity index (χ0) is 24.5. The average Bonchev–Trinajstić information content (AvgIpc) is 2.84. The summed E-state index contributed by atoms with van der Waals surface area (Å²) in [4.78, 5) is 48.7. The van der Waals surface area contributed by atoms with Gasteiger partial charge in [0.2, 0.25) is 23.6 Å². The molecule has 0 aromatic heterocycles. The second kappa shape index (κ2) is 12.0. The quantitative estimate of drug-likeness (QED) is 0.450. The Morgan fingerprint density at radius 1 is 0.618 bits per heavy atom. The predicted molar refractivity (Wildman–Crippen MR) is 133 cm³/mol. The zero-order valence-electron chi connectivity index (χ0n) is 19.6. The van der Waals surface area contributed by atoms with E-state index in [0.717, 1.165) is 0 Å². The summed E-state index contributed by atoms with van der Waals surface area (Å²) in [6.07, 6.45) is 3.28. The maximum atomic E-state index is 12.7. The fourth-order valence-electron chi connectivity index (χ4n) is 3.95. The topological polar surface area (TPSA) is 116 Å². The average molecular weight is 465 g/mol. The molecule has 1 aliphatic rings. The fourth-order valence-corrected chi connectivity index (χ4v) is 3.95. The summed E-state index contributed by atoms with van der Waals surface area (Å²) in [6.45, 7) is 3.56. The Kier molecular flexibility index (Phi) is 8.79. The Morgan fingerprint density at radius 3 is 1.26 bits per heavy atom. The highest BCUT2D eigenvalue weighted by molar-refractivity contribution is 5.96. The molecule has 8 nitrogen and oxygen atoms in total. The van der Waals surface area contributed by atoms with Crippen molar-refractivity contribution in [2.75, 3.05) is 21.3 Å². The van der Waals surface area contributed by atoms with E-state index in [0.29, 0.717) is 61.3 Å². The first-order valence-corrected chi connectivity index (χ1v) is 11.8. The van der Waals surface area contributed by atoms with E-state index in [9.17, 15) is 19.2 Å². The smallest absolute Gasteiger partial charge is 0.227 e. The molecule has 2 aromatic rings. The highest BCUT2D eigenvalue weighted by Crippen LogP contribution is 2.31. The monoisotopic (exact) mass is 464 g/mol. The first-order valence-electron chi connectivity index (χ1n) is 11.8. The molecule has 0 atom stereocenters. The largest absolute Gasteiger partial charge is 0.326 e. The van der Waals surface area contributed by atoms with Crippen molar-refractivity contribution in [1.82, 2.24) is 0 Å². The summed E-state index contributed by atoms with van der Waals surface area (Å²) < 4.78 is 0. The van der Waals surface area contributed by atoms with Crippen LogP contribution in [0, 0.1) is 11.8 Å². The van der Waals surface area contributed by atoms with E-state index in [1.807, 2.05) is 0 Å². The van der Waals surface area contributed by atoms with Crippen LogP contribution in [-0.4, -0.2) is 23.6 Å². The van der Waals surface area contributed by atoms with Gasteiger partial charge in [-0.3, -0.25) is 19.2 Å². The van der Waals surface area contributed by atoms with Crippen LogP contribution in [0.15, 0.2) is 48.5 Å². The Labute approximate surface area is 199 Å². The van der Waals surface area contributed by atoms with Crippen molar-refractivity contribution in [3.05, 3.63) is 48.5 Å². The van der Waals surface area contributed by atoms with Crippen LogP contribution in [0.25, 0.3) is 0 Å². The molecule has 0 unspecified atom stereocenters. The van der Waals surface area contributed by atoms with Crippen molar-refractivity contribution in [2.45, 2.75) is 52.4 Å². The lowest BCUT2D eigenvalue weighted by molar-refractivity contribution is -0.125. The summed E-state index contributed by atoms with van der Waals surface area (Å²) in [5.74, 6) is -0.638. The second-order valence-electron chi connectivity index (χ2n) is 8.49. The van der Waals surface area contributed by atoms with Gasteiger partial charge in [-0.1, -0.05) is 26.0 Å². The molecule has 0 saturated heterocycles. The number of benzene rings is 2. The van der Waals surface area contributed by atoms with Crippen molar-refractivity contribution < 1.29 is 19.2 Å². The SMILES string of the molecule is CCC(=O)Nc1cccc(NC(=O)C2CCC(C(=O)Nc3cccc(NC(=O)CC)c3)CC2)c1. The minimum Gasteiger partial charge on any atom is -0.326 e. The molecule has 1 fully saturated rings. The van der Waals surface area contributed by atoms with E-state index < -0.39 is 0 Å². The summed E-state index contributed by atoms with van der Waals surface area (Å²) in [5.41, 5.74) is 2.55. The summed E-state index contributed by atoms with van der Waals surface area (Å²) in [7, 11) is 0. The van der Waals surface area contributed by atoms with Crippen LogP contribution in [0.5, 0.6) is 0 Å². The predicted octanol–water partition coefficient (Wildman–Crippen LogP) is 4.77. The normalized spacial score (nSPS) is 17.4. The number of rotatable bonds is 8. The van der Waals surface area contributed by atoms with Crippen LogP contribution in [0.4, 0.5) is 22.7 Å². The van der Waals surface area contributed by atoms with Crippen molar-refractivity contribution >= 4 is 46.4 Å². The van der Waals surface area contributed by atoms with Gasteiger partial charge < -0.3 is 21.3 Å². The first kappa shape index (κ1) is 25.0. The number of nitrogens with one attached hydrogen (secondary N) is 4. The van der Waals surface area contributed by atoms with Gasteiger partial charge in [0.25, 0.3) is 0 Å². The molecule has 34 heavy (non-hydrogen) atoms. The van der Waals surface area contributed by atoms with Crippen LogP contribution in [-0.2, 0) is 19.2 Å². The molecule has 0 bridgehead atoms. The van der Waals surface area contributed by atoms with Gasteiger partial charge in [0, 0.05) is 47.4 Å². The molecule has 1 saturated carbocycles. The highest BCUT2D eigenvalue weighted by Gasteiger charge is 2.30. The Morgan fingerprint density at radius 2 is 0.941 bits per heavy atom. The second-order valence-corrected chi connectivity index (χ2v) is 8.49. The maximum Gasteiger partial charge on any atom is 0.227 e. The van der Waals surface area contributed by atoms with Gasteiger partial charge in [-0.2, -0.15) is 0 Å². The Balaban J connectivity index is 1.49. The first-order chi connectivity index (χ1) is 16.4. The molecule has 0 spiro atoms. The van der Waals surface area contributed by atoms with E-state index in [4.69, 9.17) is 0 Å². The van der Waals surface area contributed by atoms with Crippen molar-refractivity contribution in [3.8, 4) is 0 Å². The summed E-state index contributed by atoms with van der Waals surface area (Å²) in [6, 6.07) is 14.2. The summed E-state index contributed by atoms with van der Waals surface area (Å²) >= 11 is 0. The molecule has 4 amide bonds. The number of carbonyl (C=O) groups excluding carboxylic acids is 4. The van der Waals surface area contributed by atoms with Crippen LogP contribution >= 0.6 is 0 Å². The Hall–Kier alpha value is -3.68. The molecule has 0 radical (unpaired) electrons. The minimum atomic E-state index is -0.162. The molecule has 0 heterocycles. The molecule has 3 rings (SSSR count). The van der Waals surface area contributed by atoms with Crippen LogP contribution in [0.3, 0.4) is 0 Å². The lowest BCUT2D eigenvalue weighted by Gasteiger charge is -2.27. The molecule has 8 heteroatoms. The van der Waals surface area contributed by atoms with E-state index in [1.165, 1.54) is 0 Å². The molecule has 1 aliphatic carbocycles. The van der Waals surface area contributed by atoms with E-state index in [-0.39, 0.29) is 35.5 Å². The fraction of sp³-hybridized carbons (Fsp3) is 0.385. The van der Waals surface area contributed by atoms with Crippen LogP contribution < -0.4 is 21.3 Å². The van der Waals surface area contributed by atoms with Gasteiger partial charge in [0.15, 0.2) is 0 Å². The van der Waals surface area contributed by atoms with Gasteiger partial charge in [0.1, 0.15) is 0 Å². The van der Waals surface area contributed by atoms with Crippen molar-refractivity contribution in [2.24, 2.45) is 11.8 Å². The lowest BCUT2D eigenvalue weighted by Crippen LogP contribution is -2.32. The third-order valence-electron chi connectivity index (χ3n) is 5.94. The lowest BCUT2D eigenvalue weighted by atomic mass is 9.81. The molecular formula is C26H32N4O4. The van der Waals surface area contributed by atoms with E-state index >= 15 is 0 Å². The van der Waals surface area contributed by atoms with Crippen LogP contribution in [0.2, 0.25) is 0 Å². The summed E-state index contributed by atoms with van der Waals surface area (Å²) in [5, 5.41) is 11.4. The number of amides is 4. The number of anilines is 4. The maximum absolute atomic E-state index is 12.7. The third kappa shape index (κ3) is 7.16. The highest BCUT2D eigenvalue weighted by atomic mass is 16.2. The number of hydrogen-bond acceptors (Lipinski definition) is 4. The van der Waals surface area contributed by atoms with Gasteiger partial charge in [-0.05, 0) is 62.1 Å². The van der Waals surface area contributed by atoms with Crippen LogP contribution in [0.1, 0.15) is 52.4 Å². The van der Waals surface area contributed by atoms with E-state index in [1.54, 1.807) is 62.4 Å². The van der Waals surface area contributed by atoms with Gasteiger partial charge in [-0.15, -0.1) is 0 Å². The molecule has 4 N–H and O–H groups in total. The number of carbonyl (C=O) groups is 4.